The van der Waals surface area contributed by atoms with Gasteiger partial charge in [-0.05, 0) is 104 Å². The van der Waals surface area contributed by atoms with Gasteiger partial charge in [0, 0.05) is 39.1 Å². The van der Waals surface area contributed by atoms with Gasteiger partial charge in [0.25, 0.3) is 0 Å². The van der Waals surface area contributed by atoms with Crippen molar-refractivity contribution in [3.8, 4) is 17.2 Å². The van der Waals surface area contributed by atoms with E-state index in [1.54, 1.807) is 26.2 Å². The highest BCUT2D eigenvalue weighted by molar-refractivity contribution is 7.91. The van der Waals surface area contributed by atoms with Crippen LogP contribution in [0.2, 0.25) is 10.0 Å². The minimum Gasteiger partial charge on any atom is -0.490 e. The molecule has 0 aromatic heterocycles. The molecular formula is C37H48Cl2N2O7S. The normalized spacial score (nSPS) is 14.3. The number of carbonyl (C=O) groups excluding carboxylic acids is 1. The molecule has 0 aliphatic heterocycles. The zero-order chi connectivity index (χ0) is 35.6. The lowest BCUT2D eigenvalue weighted by Crippen LogP contribution is -2.41. The lowest BCUT2D eigenvalue weighted by molar-refractivity contribution is -0.136. The average Bonchev–Trinajstić information content (AvgIpc) is 3.90. The molecule has 0 saturated heterocycles. The van der Waals surface area contributed by atoms with E-state index in [1.807, 2.05) is 48.2 Å². The lowest BCUT2D eigenvalue weighted by atomic mass is 9.97. The number of hydrogen-bond donors (Lipinski definition) is 1. The number of benzene rings is 3. The molecule has 2 unspecified atom stereocenters. The predicted molar refractivity (Wildman–Crippen MR) is 195 cm³/mol. The van der Waals surface area contributed by atoms with Crippen molar-refractivity contribution in [3.63, 3.8) is 0 Å². The molecule has 3 aromatic carbocycles. The molecular weight excluding hydrogens is 687 g/mol. The van der Waals surface area contributed by atoms with Gasteiger partial charge >= 0.3 is 0 Å². The van der Waals surface area contributed by atoms with Crippen LogP contribution in [0.3, 0.4) is 0 Å². The molecule has 4 rings (SSSR count). The maximum atomic E-state index is 14.0. The summed E-state index contributed by atoms with van der Waals surface area (Å²) in [6, 6.07) is 17.2. The number of nitrogens with two attached hydrogens (primary N) is 1. The lowest BCUT2D eigenvalue weighted by Gasteiger charge is -2.28. The van der Waals surface area contributed by atoms with Crippen molar-refractivity contribution in [2.24, 2.45) is 11.7 Å². The number of nitrogens with zero attached hydrogens (tertiary/aromatic N) is 1. The molecule has 2 atom stereocenters. The number of amides is 1. The first kappa shape index (κ1) is 38.8. The Labute approximate surface area is 300 Å². The number of aryl methyl sites for hydroxylation is 2. The number of sulfone groups is 1. The minimum absolute atomic E-state index is 0.00530. The summed E-state index contributed by atoms with van der Waals surface area (Å²) in [6.07, 6.45) is 5.41. The van der Waals surface area contributed by atoms with Crippen LogP contribution >= 0.6 is 23.2 Å². The van der Waals surface area contributed by atoms with Gasteiger partial charge in [-0.15, -0.1) is 0 Å². The van der Waals surface area contributed by atoms with E-state index in [2.05, 4.69) is 6.07 Å². The van der Waals surface area contributed by atoms with Crippen molar-refractivity contribution in [1.29, 1.82) is 0 Å². The first-order valence-corrected chi connectivity index (χ1v) is 19.4. The van der Waals surface area contributed by atoms with Crippen LogP contribution < -0.4 is 19.9 Å². The summed E-state index contributed by atoms with van der Waals surface area (Å²) in [6.45, 7) is 5.46. The molecule has 1 saturated carbocycles. The van der Waals surface area contributed by atoms with Crippen LogP contribution in [0.15, 0.2) is 54.6 Å². The van der Waals surface area contributed by atoms with Crippen molar-refractivity contribution in [1.82, 2.24) is 4.90 Å². The van der Waals surface area contributed by atoms with Gasteiger partial charge in [0.15, 0.2) is 21.0 Å². The van der Waals surface area contributed by atoms with E-state index in [4.69, 9.17) is 47.9 Å². The van der Waals surface area contributed by atoms with Gasteiger partial charge in [0.1, 0.15) is 24.7 Å². The van der Waals surface area contributed by atoms with E-state index >= 15 is 0 Å². The van der Waals surface area contributed by atoms with Crippen molar-refractivity contribution in [2.45, 2.75) is 70.4 Å². The first-order chi connectivity index (χ1) is 23.4. The van der Waals surface area contributed by atoms with Crippen LogP contribution in [0.5, 0.6) is 17.2 Å². The number of halogens is 2. The summed E-state index contributed by atoms with van der Waals surface area (Å²) in [5.41, 5.74) is 9.07. The molecule has 3 aromatic rings. The Bertz CT molecular complexity index is 1630. The number of carbonyl (C=O) groups is 1. The van der Waals surface area contributed by atoms with E-state index < -0.39 is 21.2 Å². The van der Waals surface area contributed by atoms with Crippen molar-refractivity contribution < 1.29 is 32.2 Å². The summed E-state index contributed by atoms with van der Waals surface area (Å²) in [7, 11) is -1.75. The van der Waals surface area contributed by atoms with Crippen molar-refractivity contribution >= 4 is 38.9 Å². The molecule has 12 heteroatoms. The Morgan fingerprint density at radius 2 is 1.59 bits per heavy atom. The minimum atomic E-state index is -3.41. The van der Waals surface area contributed by atoms with Crippen molar-refractivity contribution in [2.75, 3.05) is 39.7 Å². The highest BCUT2D eigenvalue weighted by Gasteiger charge is 2.35. The van der Waals surface area contributed by atoms with E-state index in [1.165, 1.54) is 6.26 Å². The largest absolute Gasteiger partial charge is 0.490 e. The Kier molecular flexibility index (Phi) is 14.5. The number of rotatable bonds is 20. The van der Waals surface area contributed by atoms with Crippen LogP contribution in [0.25, 0.3) is 0 Å². The summed E-state index contributed by atoms with van der Waals surface area (Å²) >= 11 is 12.5. The Morgan fingerprint density at radius 3 is 2.18 bits per heavy atom. The molecule has 1 aliphatic carbocycles. The second kappa shape index (κ2) is 18.3. The molecule has 1 aliphatic rings. The van der Waals surface area contributed by atoms with Gasteiger partial charge in [0.05, 0.1) is 16.0 Å². The second-order valence-electron chi connectivity index (χ2n) is 12.6. The fraction of sp³-hybridized carbons (Fsp3) is 0.486. The Morgan fingerprint density at radius 1 is 0.939 bits per heavy atom. The SMILES string of the molecule is CCC(Oc1cc(CCCOC)cc(CN(C(=O)C(CN)Cc2ccc(OCCOc3c(Cl)cc(C)cc3Cl)cc2)C2CC2)c1)S(C)(=O)=O. The second-order valence-corrected chi connectivity index (χ2v) is 15.6. The van der Waals surface area contributed by atoms with Crippen LogP contribution in [-0.2, 0) is 38.8 Å². The van der Waals surface area contributed by atoms with Crippen LogP contribution in [0.4, 0.5) is 0 Å². The third kappa shape index (κ3) is 11.8. The molecule has 1 amide bonds. The van der Waals surface area contributed by atoms with E-state index in [0.29, 0.717) is 59.9 Å². The molecule has 0 radical (unpaired) electrons. The van der Waals surface area contributed by atoms with E-state index in [0.717, 1.165) is 47.9 Å². The third-order valence-corrected chi connectivity index (χ3v) is 10.3. The highest BCUT2D eigenvalue weighted by atomic mass is 35.5. The maximum absolute atomic E-state index is 14.0. The standard InChI is InChI=1S/C37H48Cl2N2O7S/c1-5-35(49(4,43)44)48-32-21-27(7-6-14-45-3)19-28(22-32)24-41(30-10-11-30)37(42)29(23-40)20-26-8-12-31(13-9-26)46-15-16-47-36-33(38)17-25(2)18-34(36)39/h8-9,12-13,17-19,21-22,29-30,35H,5-7,10-11,14-16,20,23-24,40H2,1-4H3. The van der Waals surface area contributed by atoms with Gasteiger partial charge in [-0.1, -0.05) is 48.3 Å². The van der Waals surface area contributed by atoms with E-state index in [-0.39, 0.29) is 25.1 Å². The van der Waals surface area contributed by atoms with Crippen molar-refractivity contribution in [3.05, 3.63) is 86.9 Å². The first-order valence-electron chi connectivity index (χ1n) is 16.7. The molecule has 2 N–H and O–H groups in total. The summed E-state index contributed by atoms with van der Waals surface area (Å²) in [5.74, 6) is 1.20. The topological polar surface area (TPSA) is 117 Å². The van der Waals surface area contributed by atoms with E-state index in [9.17, 15) is 13.2 Å². The molecule has 268 valence electrons. The summed E-state index contributed by atoms with van der Waals surface area (Å²) < 4.78 is 47.4. The monoisotopic (exact) mass is 734 g/mol. The molecule has 1 fully saturated rings. The van der Waals surface area contributed by atoms with Crippen LogP contribution in [-0.4, -0.2) is 70.4 Å². The molecule has 0 spiro atoms. The third-order valence-electron chi connectivity index (χ3n) is 8.32. The fourth-order valence-electron chi connectivity index (χ4n) is 5.69. The number of ether oxygens (including phenoxy) is 4. The van der Waals surface area contributed by atoms with Crippen LogP contribution in [0.1, 0.15) is 54.9 Å². The average molecular weight is 736 g/mol. The van der Waals surface area contributed by atoms with Crippen LogP contribution in [0, 0.1) is 12.8 Å². The van der Waals surface area contributed by atoms with Gasteiger partial charge in [-0.3, -0.25) is 4.79 Å². The predicted octanol–water partition coefficient (Wildman–Crippen LogP) is 6.81. The quantitative estimate of drug-likeness (QED) is 0.126. The van der Waals surface area contributed by atoms with Gasteiger partial charge < -0.3 is 29.6 Å². The maximum Gasteiger partial charge on any atom is 0.227 e. The molecule has 0 bridgehead atoms. The highest BCUT2D eigenvalue weighted by Crippen LogP contribution is 2.34. The van der Waals surface area contributed by atoms with Gasteiger partial charge in [-0.25, -0.2) is 8.42 Å². The zero-order valence-corrected chi connectivity index (χ0v) is 31.1. The molecule has 49 heavy (non-hydrogen) atoms. The number of hydrogen-bond acceptors (Lipinski definition) is 8. The Balaban J connectivity index is 1.40. The van der Waals surface area contributed by atoms with Gasteiger partial charge in [-0.2, -0.15) is 0 Å². The zero-order valence-electron chi connectivity index (χ0n) is 28.8. The smallest absolute Gasteiger partial charge is 0.227 e. The van der Waals surface area contributed by atoms with Gasteiger partial charge in [0.2, 0.25) is 5.91 Å². The molecule has 9 nitrogen and oxygen atoms in total. The number of methoxy groups -OCH3 is 1. The molecule has 0 heterocycles. The fourth-order valence-corrected chi connectivity index (χ4v) is 7.28. The summed E-state index contributed by atoms with van der Waals surface area (Å²) in [4.78, 5) is 15.9. The summed E-state index contributed by atoms with van der Waals surface area (Å²) in [5, 5.41) is 0.914. The Hall–Kier alpha value is -3.02.